The van der Waals surface area contributed by atoms with E-state index in [-0.39, 0.29) is 11.3 Å². The zero-order valence-electron chi connectivity index (χ0n) is 15.9. The van der Waals surface area contributed by atoms with Crippen LogP contribution in [0.3, 0.4) is 0 Å². The van der Waals surface area contributed by atoms with Gasteiger partial charge < -0.3 is 14.9 Å². The van der Waals surface area contributed by atoms with E-state index < -0.39 is 11.7 Å². The SMILES string of the molecule is CSCCCCCCCCOCC[C@@]1(O)[C@@H]2C[C@H](C[C@@H]1O)C2(C)C. The fourth-order valence-corrected chi connectivity index (χ4v) is 5.30. The zero-order valence-corrected chi connectivity index (χ0v) is 16.7. The molecule has 3 aliphatic carbocycles. The van der Waals surface area contributed by atoms with Crippen LogP contribution in [0.4, 0.5) is 0 Å². The third-order valence-corrected chi connectivity index (χ3v) is 7.39. The zero-order chi connectivity index (χ0) is 17.6. The maximum absolute atomic E-state index is 11.0. The van der Waals surface area contributed by atoms with Crippen LogP contribution in [0.2, 0.25) is 0 Å². The van der Waals surface area contributed by atoms with Crippen LogP contribution in [0.15, 0.2) is 0 Å². The lowest BCUT2D eigenvalue weighted by atomic mass is 9.43. The van der Waals surface area contributed by atoms with Gasteiger partial charge in [0.1, 0.15) is 0 Å². The summed E-state index contributed by atoms with van der Waals surface area (Å²) in [4.78, 5) is 0. The molecule has 0 saturated heterocycles. The first-order valence-electron chi connectivity index (χ1n) is 9.90. The van der Waals surface area contributed by atoms with Crippen molar-refractivity contribution in [3.8, 4) is 0 Å². The molecule has 4 atom stereocenters. The van der Waals surface area contributed by atoms with Crippen molar-refractivity contribution in [2.75, 3.05) is 25.2 Å². The fourth-order valence-electron chi connectivity index (χ4n) is 4.81. The second-order valence-electron chi connectivity index (χ2n) is 8.53. The highest BCUT2D eigenvalue weighted by Crippen LogP contribution is 2.63. The summed E-state index contributed by atoms with van der Waals surface area (Å²) in [6.07, 6.45) is 11.7. The molecule has 0 aromatic rings. The maximum Gasteiger partial charge on any atom is 0.0960 e. The Morgan fingerprint density at radius 1 is 1.00 bits per heavy atom. The van der Waals surface area contributed by atoms with Crippen LogP contribution in [-0.2, 0) is 4.74 Å². The number of ether oxygens (including phenoxy) is 1. The quantitative estimate of drug-likeness (QED) is 0.512. The van der Waals surface area contributed by atoms with Crippen molar-refractivity contribution in [1.82, 2.24) is 0 Å². The molecule has 0 spiro atoms. The van der Waals surface area contributed by atoms with Crippen LogP contribution in [0.5, 0.6) is 0 Å². The second-order valence-corrected chi connectivity index (χ2v) is 9.51. The minimum Gasteiger partial charge on any atom is -0.390 e. The summed E-state index contributed by atoms with van der Waals surface area (Å²) < 4.78 is 5.75. The van der Waals surface area contributed by atoms with Crippen molar-refractivity contribution in [3.05, 3.63) is 0 Å². The van der Waals surface area contributed by atoms with E-state index in [0.29, 0.717) is 18.9 Å². The predicted molar refractivity (Wildman–Crippen MR) is 102 cm³/mol. The van der Waals surface area contributed by atoms with Gasteiger partial charge in [0.05, 0.1) is 11.7 Å². The van der Waals surface area contributed by atoms with Gasteiger partial charge in [-0.05, 0) is 54.9 Å². The van der Waals surface area contributed by atoms with Gasteiger partial charge in [0.15, 0.2) is 0 Å². The summed E-state index contributed by atoms with van der Waals surface area (Å²) in [5, 5.41) is 21.3. The molecule has 2 bridgehead atoms. The Morgan fingerprint density at radius 3 is 2.33 bits per heavy atom. The van der Waals surface area contributed by atoms with Crippen molar-refractivity contribution in [2.45, 2.75) is 83.3 Å². The molecule has 0 amide bonds. The third kappa shape index (κ3) is 4.69. The van der Waals surface area contributed by atoms with Gasteiger partial charge in [0, 0.05) is 19.6 Å². The number of hydrogen-bond donors (Lipinski definition) is 2. The van der Waals surface area contributed by atoms with Crippen LogP contribution in [0, 0.1) is 17.3 Å². The minimum absolute atomic E-state index is 0.171. The summed E-state index contributed by atoms with van der Waals surface area (Å²) in [7, 11) is 0. The normalized spacial score (nSPS) is 34.1. The van der Waals surface area contributed by atoms with E-state index in [1.807, 2.05) is 11.8 Å². The molecule has 3 saturated carbocycles. The van der Waals surface area contributed by atoms with E-state index in [2.05, 4.69) is 20.1 Å². The molecule has 3 rings (SSSR count). The lowest BCUT2D eigenvalue weighted by molar-refractivity contribution is -0.258. The molecular weight excluding hydrogens is 320 g/mol. The van der Waals surface area contributed by atoms with E-state index in [0.717, 1.165) is 25.9 Å². The van der Waals surface area contributed by atoms with E-state index >= 15 is 0 Å². The van der Waals surface area contributed by atoms with Gasteiger partial charge in [-0.1, -0.05) is 39.5 Å². The second kappa shape index (κ2) is 9.25. The highest BCUT2D eigenvalue weighted by Gasteiger charge is 2.64. The number of thioether (sulfide) groups is 1. The van der Waals surface area contributed by atoms with Gasteiger partial charge in [-0.25, -0.2) is 0 Å². The first-order valence-corrected chi connectivity index (χ1v) is 11.3. The summed E-state index contributed by atoms with van der Waals surface area (Å²) in [6.45, 7) is 5.83. The van der Waals surface area contributed by atoms with Gasteiger partial charge >= 0.3 is 0 Å². The van der Waals surface area contributed by atoms with Gasteiger partial charge in [-0.2, -0.15) is 11.8 Å². The summed E-state index contributed by atoms with van der Waals surface area (Å²) in [6, 6.07) is 0. The van der Waals surface area contributed by atoms with Crippen LogP contribution < -0.4 is 0 Å². The smallest absolute Gasteiger partial charge is 0.0960 e. The molecule has 0 unspecified atom stereocenters. The van der Waals surface area contributed by atoms with Crippen LogP contribution >= 0.6 is 11.8 Å². The van der Waals surface area contributed by atoms with Crippen LogP contribution in [0.1, 0.15) is 71.6 Å². The first kappa shape index (κ1) is 20.5. The third-order valence-electron chi connectivity index (χ3n) is 6.69. The monoisotopic (exact) mass is 358 g/mol. The van der Waals surface area contributed by atoms with Gasteiger partial charge in [0.2, 0.25) is 0 Å². The van der Waals surface area contributed by atoms with E-state index in [9.17, 15) is 10.2 Å². The lowest BCUT2D eigenvalue weighted by Gasteiger charge is -2.65. The topological polar surface area (TPSA) is 49.7 Å². The Labute approximate surface area is 152 Å². The van der Waals surface area contributed by atoms with Crippen molar-refractivity contribution < 1.29 is 14.9 Å². The molecule has 2 N–H and O–H groups in total. The van der Waals surface area contributed by atoms with Crippen LogP contribution in [0.25, 0.3) is 0 Å². The Balaban J connectivity index is 1.53. The molecule has 142 valence electrons. The number of aliphatic hydroxyl groups is 2. The number of fused-ring (bicyclic) bond motifs is 2. The van der Waals surface area contributed by atoms with Crippen molar-refractivity contribution in [2.24, 2.45) is 17.3 Å². The first-order chi connectivity index (χ1) is 11.4. The Kier molecular flexibility index (Phi) is 7.92. The molecule has 0 radical (unpaired) electrons. The average molecular weight is 359 g/mol. The molecular formula is C20H38O3S. The van der Waals surface area contributed by atoms with E-state index in [1.165, 1.54) is 37.9 Å². The van der Waals surface area contributed by atoms with Gasteiger partial charge in [-0.3, -0.25) is 0 Å². The molecule has 0 aliphatic heterocycles. The fraction of sp³-hybridized carbons (Fsp3) is 1.00. The summed E-state index contributed by atoms with van der Waals surface area (Å²) in [5.74, 6) is 2.09. The van der Waals surface area contributed by atoms with Crippen LogP contribution in [-0.4, -0.2) is 47.1 Å². The molecule has 0 heterocycles. The van der Waals surface area contributed by atoms with Crippen molar-refractivity contribution >= 4 is 11.8 Å². The Morgan fingerprint density at radius 2 is 1.67 bits per heavy atom. The molecule has 3 fully saturated rings. The largest absolute Gasteiger partial charge is 0.390 e. The highest BCUT2D eigenvalue weighted by molar-refractivity contribution is 7.98. The molecule has 3 nitrogen and oxygen atoms in total. The standard InChI is InChI=1S/C20H38O3S/c1-19(2)16-14-17(19)20(22,18(21)15-16)10-12-23-11-8-6-4-5-7-9-13-24-3/h16-18,21-22H,4-15H2,1-3H3/t16-,17-,18+,20-/m1/s1. The minimum atomic E-state index is -0.935. The molecule has 0 aromatic carbocycles. The number of rotatable bonds is 12. The van der Waals surface area contributed by atoms with Gasteiger partial charge in [0.25, 0.3) is 0 Å². The maximum atomic E-state index is 11.0. The molecule has 24 heavy (non-hydrogen) atoms. The van der Waals surface area contributed by atoms with Gasteiger partial charge in [-0.15, -0.1) is 0 Å². The molecule has 3 aliphatic rings. The lowest BCUT2D eigenvalue weighted by Crippen LogP contribution is -2.67. The highest BCUT2D eigenvalue weighted by atomic mass is 32.2. The Bertz CT molecular complexity index is 374. The summed E-state index contributed by atoms with van der Waals surface area (Å²) >= 11 is 1.93. The van der Waals surface area contributed by atoms with Crippen molar-refractivity contribution in [3.63, 3.8) is 0 Å². The van der Waals surface area contributed by atoms with Crippen molar-refractivity contribution in [1.29, 1.82) is 0 Å². The number of hydrogen-bond acceptors (Lipinski definition) is 4. The molecule has 4 heteroatoms. The van der Waals surface area contributed by atoms with E-state index in [1.54, 1.807) is 0 Å². The predicted octanol–water partition coefficient (Wildman–Crippen LogP) is 4.25. The number of unbranched alkanes of at least 4 members (excludes halogenated alkanes) is 5. The molecule has 0 aromatic heterocycles. The average Bonchev–Trinajstić information content (AvgIpc) is 2.54. The Hall–Kier alpha value is 0.230. The van der Waals surface area contributed by atoms with E-state index in [4.69, 9.17) is 4.74 Å². The summed E-state index contributed by atoms with van der Waals surface area (Å²) in [5.41, 5.74) is -0.764. The number of aliphatic hydroxyl groups excluding tert-OH is 1.